The Kier molecular flexibility index (Phi) is 5.24. The molecule has 0 amide bonds. The summed E-state index contributed by atoms with van der Waals surface area (Å²) in [4.78, 5) is 3.46. The van der Waals surface area contributed by atoms with Crippen LogP contribution in [0.15, 0.2) is 40.3 Å². The molecule has 0 spiro atoms. The van der Waals surface area contributed by atoms with Crippen LogP contribution in [-0.2, 0) is 4.74 Å². The number of rotatable bonds is 4. The largest absolute Gasteiger partial charge is 0.388 e. The topological polar surface area (TPSA) is 119 Å². The van der Waals surface area contributed by atoms with Gasteiger partial charge < -0.3 is 20.1 Å². The number of azide groups is 1. The molecule has 1 saturated heterocycles. The Morgan fingerprint density at radius 2 is 1.85 bits per heavy atom. The van der Waals surface area contributed by atoms with Crippen LogP contribution in [0.4, 0.5) is 0 Å². The average Bonchev–Trinajstić information content (AvgIpc) is 2.48. The summed E-state index contributed by atoms with van der Waals surface area (Å²) in [5, 5.41) is 32.9. The smallest absolute Gasteiger partial charge is 0.136 e. The highest BCUT2D eigenvalue weighted by molar-refractivity contribution is 7.99. The molecular weight excluding hydrogens is 282 g/mol. The first kappa shape index (κ1) is 15.1. The van der Waals surface area contributed by atoms with Crippen LogP contribution in [-0.4, -0.2) is 51.7 Å². The average molecular weight is 297 g/mol. The summed E-state index contributed by atoms with van der Waals surface area (Å²) in [7, 11) is 0. The molecule has 0 aromatic heterocycles. The molecule has 20 heavy (non-hydrogen) atoms. The molecule has 1 aliphatic heterocycles. The molecule has 1 aliphatic rings. The highest BCUT2D eigenvalue weighted by Crippen LogP contribution is 2.33. The van der Waals surface area contributed by atoms with Crippen molar-refractivity contribution in [2.45, 2.75) is 34.7 Å². The number of hydrogen-bond donors (Lipinski definition) is 3. The summed E-state index contributed by atoms with van der Waals surface area (Å²) in [6.45, 7) is -0.104. The Morgan fingerprint density at radius 3 is 2.50 bits per heavy atom. The molecule has 1 fully saturated rings. The van der Waals surface area contributed by atoms with Crippen molar-refractivity contribution in [2.75, 3.05) is 6.54 Å². The van der Waals surface area contributed by atoms with Crippen molar-refractivity contribution in [3.05, 3.63) is 40.8 Å². The predicted octanol–water partition coefficient (Wildman–Crippen LogP) is 0.897. The van der Waals surface area contributed by atoms with Gasteiger partial charge in [-0.3, -0.25) is 0 Å². The summed E-state index contributed by atoms with van der Waals surface area (Å²) >= 11 is 1.24. The summed E-state index contributed by atoms with van der Waals surface area (Å²) in [6.07, 6.45) is -4.70. The summed E-state index contributed by atoms with van der Waals surface area (Å²) < 4.78 is 5.53. The zero-order valence-corrected chi connectivity index (χ0v) is 11.3. The van der Waals surface area contributed by atoms with Crippen molar-refractivity contribution < 1.29 is 20.1 Å². The second-order valence-electron chi connectivity index (χ2n) is 4.36. The molecule has 1 aromatic carbocycles. The van der Waals surface area contributed by atoms with Gasteiger partial charge in [0.25, 0.3) is 0 Å². The standard InChI is InChI=1S/C12H15N3O4S/c13-15-14-6-8-9(16)10(17)11(18)12(19-8)20-7-4-2-1-3-5-7/h1-5,8-12,16-18H,6H2/t8?,9-,10+,11?,12+/m1/s1. The molecule has 0 saturated carbocycles. The van der Waals surface area contributed by atoms with Gasteiger partial charge in [0.15, 0.2) is 0 Å². The number of thioether (sulfide) groups is 1. The van der Waals surface area contributed by atoms with E-state index in [0.717, 1.165) is 4.90 Å². The van der Waals surface area contributed by atoms with Crippen LogP contribution in [0.3, 0.4) is 0 Å². The number of hydrogen-bond acceptors (Lipinski definition) is 6. The Hall–Kier alpha value is -1.28. The van der Waals surface area contributed by atoms with Gasteiger partial charge in [0, 0.05) is 9.81 Å². The van der Waals surface area contributed by atoms with Crippen LogP contribution in [0.5, 0.6) is 0 Å². The minimum Gasteiger partial charge on any atom is -0.388 e. The molecule has 1 heterocycles. The second kappa shape index (κ2) is 6.94. The van der Waals surface area contributed by atoms with Crippen molar-refractivity contribution in [1.29, 1.82) is 0 Å². The van der Waals surface area contributed by atoms with E-state index in [2.05, 4.69) is 10.0 Å². The fraction of sp³-hybridized carbons (Fsp3) is 0.500. The second-order valence-corrected chi connectivity index (χ2v) is 5.53. The first-order valence-electron chi connectivity index (χ1n) is 6.05. The van der Waals surface area contributed by atoms with Crippen LogP contribution < -0.4 is 0 Å². The van der Waals surface area contributed by atoms with Crippen LogP contribution in [0.2, 0.25) is 0 Å². The fourth-order valence-corrected chi connectivity index (χ4v) is 3.00. The lowest BCUT2D eigenvalue weighted by molar-refractivity contribution is -0.194. The van der Waals surface area contributed by atoms with E-state index in [9.17, 15) is 15.3 Å². The SMILES string of the molecule is [N-]=[N+]=NCC1O[C@@H](Sc2ccccc2)C(O)[C@@H](O)[C@@H]1O. The van der Waals surface area contributed by atoms with E-state index >= 15 is 0 Å². The van der Waals surface area contributed by atoms with Gasteiger partial charge in [-0.2, -0.15) is 0 Å². The quantitative estimate of drug-likeness (QED) is 0.433. The Labute approximate surface area is 119 Å². The predicted molar refractivity (Wildman–Crippen MR) is 73.0 cm³/mol. The normalized spacial score (nSPS) is 33.5. The highest BCUT2D eigenvalue weighted by Gasteiger charge is 2.43. The molecule has 2 rings (SSSR count). The molecule has 0 aliphatic carbocycles. The van der Waals surface area contributed by atoms with Crippen LogP contribution in [0.1, 0.15) is 0 Å². The van der Waals surface area contributed by atoms with E-state index in [1.807, 2.05) is 30.3 Å². The molecule has 0 radical (unpaired) electrons. The first-order chi connectivity index (χ1) is 9.63. The maximum atomic E-state index is 9.95. The minimum absolute atomic E-state index is 0.104. The third-order valence-electron chi connectivity index (χ3n) is 2.99. The highest BCUT2D eigenvalue weighted by atomic mass is 32.2. The number of benzene rings is 1. The summed E-state index contributed by atoms with van der Waals surface area (Å²) in [5.74, 6) is 0. The lowest BCUT2D eigenvalue weighted by atomic mass is 10.00. The van der Waals surface area contributed by atoms with E-state index < -0.39 is 29.9 Å². The maximum Gasteiger partial charge on any atom is 0.136 e. The summed E-state index contributed by atoms with van der Waals surface area (Å²) in [6, 6.07) is 9.26. The molecular formula is C12H15N3O4S. The molecule has 0 bridgehead atoms. The van der Waals surface area contributed by atoms with Gasteiger partial charge in [-0.1, -0.05) is 35.1 Å². The van der Waals surface area contributed by atoms with Crippen molar-refractivity contribution in [3.63, 3.8) is 0 Å². The van der Waals surface area contributed by atoms with Gasteiger partial charge in [0.1, 0.15) is 23.7 Å². The Balaban J connectivity index is 2.09. The Morgan fingerprint density at radius 1 is 1.15 bits per heavy atom. The zero-order valence-electron chi connectivity index (χ0n) is 10.5. The van der Waals surface area contributed by atoms with Gasteiger partial charge in [0.05, 0.1) is 12.6 Å². The number of nitrogens with zero attached hydrogens (tertiary/aromatic N) is 3. The zero-order chi connectivity index (χ0) is 14.5. The minimum atomic E-state index is -1.34. The Bertz CT molecular complexity index is 483. The van der Waals surface area contributed by atoms with E-state index in [0.29, 0.717) is 0 Å². The van der Waals surface area contributed by atoms with Gasteiger partial charge in [-0.25, -0.2) is 0 Å². The molecule has 5 atom stereocenters. The van der Waals surface area contributed by atoms with Crippen LogP contribution in [0, 0.1) is 0 Å². The van der Waals surface area contributed by atoms with Gasteiger partial charge in [-0.15, -0.1) is 0 Å². The van der Waals surface area contributed by atoms with Crippen molar-refractivity contribution >= 4 is 11.8 Å². The number of ether oxygens (including phenoxy) is 1. The summed E-state index contributed by atoms with van der Waals surface area (Å²) in [5.41, 5.74) is 7.57. The van der Waals surface area contributed by atoms with Crippen molar-refractivity contribution in [1.82, 2.24) is 0 Å². The maximum absolute atomic E-state index is 9.95. The monoisotopic (exact) mass is 297 g/mol. The van der Waals surface area contributed by atoms with Gasteiger partial charge in [0.2, 0.25) is 0 Å². The van der Waals surface area contributed by atoms with Crippen molar-refractivity contribution in [3.8, 4) is 0 Å². The van der Waals surface area contributed by atoms with Crippen LogP contribution in [0.25, 0.3) is 10.4 Å². The lowest BCUT2D eigenvalue weighted by Crippen LogP contribution is -2.57. The lowest BCUT2D eigenvalue weighted by Gasteiger charge is -2.39. The van der Waals surface area contributed by atoms with E-state index in [1.54, 1.807) is 0 Å². The molecule has 7 nitrogen and oxygen atoms in total. The fourth-order valence-electron chi connectivity index (χ4n) is 1.91. The van der Waals surface area contributed by atoms with Crippen LogP contribution >= 0.6 is 11.8 Å². The van der Waals surface area contributed by atoms with E-state index in [-0.39, 0.29) is 6.54 Å². The van der Waals surface area contributed by atoms with E-state index in [4.69, 9.17) is 10.3 Å². The van der Waals surface area contributed by atoms with Gasteiger partial charge >= 0.3 is 0 Å². The van der Waals surface area contributed by atoms with Gasteiger partial charge in [-0.05, 0) is 17.7 Å². The van der Waals surface area contributed by atoms with E-state index in [1.165, 1.54) is 11.8 Å². The number of aliphatic hydroxyl groups is 3. The third kappa shape index (κ3) is 3.43. The molecule has 108 valence electrons. The molecule has 8 heteroatoms. The number of aliphatic hydroxyl groups excluding tert-OH is 3. The molecule has 3 N–H and O–H groups in total. The van der Waals surface area contributed by atoms with Crippen molar-refractivity contribution in [2.24, 2.45) is 5.11 Å². The third-order valence-corrected chi connectivity index (χ3v) is 4.16. The first-order valence-corrected chi connectivity index (χ1v) is 6.93. The molecule has 1 aromatic rings. The molecule has 2 unspecified atom stereocenters.